The lowest BCUT2D eigenvalue weighted by atomic mass is 9.44. The SMILES string of the molecule is C[C@H](CCC(=O)NCCO)[C@@H]1CC[C@H]2[C@H]3CC[C@@H]4C[C@H](O)CC[C@]4(C)[C@@H]3CC[C@@]21C. The van der Waals surface area contributed by atoms with Crippen LogP contribution in [0.3, 0.4) is 0 Å². The van der Waals surface area contributed by atoms with Gasteiger partial charge in [0, 0.05) is 13.0 Å². The zero-order valence-corrected chi connectivity index (χ0v) is 19.5. The second-order valence-electron chi connectivity index (χ2n) is 11.9. The first kappa shape index (κ1) is 22.6. The highest BCUT2D eigenvalue weighted by Crippen LogP contribution is 2.68. The number of carbonyl (C=O) groups excluding carboxylic acids is 1. The molecule has 0 bridgehead atoms. The minimum atomic E-state index is -0.0558. The molecule has 0 aromatic heterocycles. The van der Waals surface area contributed by atoms with Crippen LogP contribution < -0.4 is 5.32 Å². The Kier molecular flexibility index (Phi) is 6.57. The number of carbonyl (C=O) groups is 1. The van der Waals surface area contributed by atoms with E-state index in [0.29, 0.717) is 29.7 Å². The van der Waals surface area contributed by atoms with Gasteiger partial charge in [0.2, 0.25) is 5.91 Å². The molecule has 0 aromatic rings. The van der Waals surface area contributed by atoms with E-state index in [-0.39, 0.29) is 18.6 Å². The van der Waals surface area contributed by atoms with Crippen LogP contribution in [0.15, 0.2) is 0 Å². The first-order valence-corrected chi connectivity index (χ1v) is 12.8. The summed E-state index contributed by atoms with van der Waals surface area (Å²) in [6.45, 7) is 7.93. The largest absolute Gasteiger partial charge is 0.395 e. The number of aliphatic hydroxyl groups is 2. The van der Waals surface area contributed by atoms with Crippen molar-refractivity contribution in [3.8, 4) is 0 Å². The molecule has 9 atom stereocenters. The van der Waals surface area contributed by atoms with Gasteiger partial charge < -0.3 is 15.5 Å². The molecule has 0 aliphatic heterocycles. The van der Waals surface area contributed by atoms with E-state index in [0.717, 1.165) is 48.9 Å². The fourth-order valence-electron chi connectivity index (χ4n) is 9.05. The number of nitrogens with one attached hydrogen (secondary N) is 1. The molecule has 1 amide bonds. The maximum atomic E-state index is 12.0. The van der Waals surface area contributed by atoms with Gasteiger partial charge in [-0.15, -0.1) is 0 Å². The molecule has 30 heavy (non-hydrogen) atoms. The summed E-state index contributed by atoms with van der Waals surface area (Å²) in [5.74, 6) is 4.76. The Hall–Kier alpha value is -0.610. The molecule has 4 aliphatic carbocycles. The van der Waals surface area contributed by atoms with Gasteiger partial charge in [-0.1, -0.05) is 20.8 Å². The molecule has 4 fully saturated rings. The summed E-state index contributed by atoms with van der Waals surface area (Å²) in [4.78, 5) is 12.0. The predicted octanol–water partition coefficient (Wildman–Crippen LogP) is 4.53. The summed E-state index contributed by atoms with van der Waals surface area (Å²) in [5, 5.41) is 21.9. The summed E-state index contributed by atoms with van der Waals surface area (Å²) >= 11 is 0. The summed E-state index contributed by atoms with van der Waals surface area (Å²) in [6.07, 6.45) is 12.9. The Morgan fingerprint density at radius 3 is 2.53 bits per heavy atom. The number of hydrogen-bond donors (Lipinski definition) is 3. The van der Waals surface area contributed by atoms with E-state index < -0.39 is 0 Å². The molecule has 4 rings (SSSR count). The highest BCUT2D eigenvalue weighted by molar-refractivity contribution is 5.75. The topological polar surface area (TPSA) is 69.6 Å². The lowest BCUT2D eigenvalue weighted by Gasteiger charge is -2.61. The average molecular weight is 420 g/mol. The fourth-order valence-corrected chi connectivity index (χ4v) is 9.05. The van der Waals surface area contributed by atoms with Crippen LogP contribution in [-0.2, 0) is 4.79 Å². The molecule has 0 aromatic carbocycles. The van der Waals surface area contributed by atoms with Crippen LogP contribution in [0.4, 0.5) is 0 Å². The van der Waals surface area contributed by atoms with Gasteiger partial charge in [0.1, 0.15) is 0 Å². The minimum absolute atomic E-state index is 0.0188. The van der Waals surface area contributed by atoms with E-state index in [1.165, 1.54) is 44.9 Å². The Morgan fingerprint density at radius 2 is 1.77 bits per heavy atom. The van der Waals surface area contributed by atoms with Crippen LogP contribution in [0, 0.1) is 46.3 Å². The third-order valence-corrected chi connectivity index (χ3v) is 10.7. The van der Waals surface area contributed by atoms with Crippen molar-refractivity contribution in [3.63, 3.8) is 0 Å². The van der Waals surface area contributed by atoms with Crippen molar-refractivity contribution in [1.82, 2.24) is 5.32 Å². The first-order chi connectivity index (χ1) is 14.3. The van der Waals surface area contributed by atoms with E-state index in [9.17, 15) is 9.90 Å². The minimum Gasteiger partial charge on any atom is -0.395 e. The molecule has 0 unspecified atom stereocenters. The van der Waals surface area contributed by atoms with Gasteiger partial charge in [-0.2, -0.15) is 0 Å². The molecule has 4 heteroatoms. The quantitative estimate of drug-likeness (QED) is 0.592. The molecule has 3 N–H and O–H groups in total. The molecule has 0 radical (unpaired) electrons. The van der Waals surface area contributed by atoms with E-state index in [4.69, 9.17) is 5.11 Å². The van der Waals surface area contributed by atoms with Crippen LogP contribution in [0.1, 0.15) is 91.4 Å². The van der Waals surface area contributed by atoms with Crippen LogP contribution in [0.5, 0.6) is 0 Å². The van der Waals surface area contributed by atoms with Crippen molar-refractivity contribution in [2.45, 2.75) is 97.5 Å². The summed E-state index contributed by atoms with van der Waals surface area (Å²) in [6, 6.07) is 0. The van der Waals surface area contributed by atoms with E-state index in [1.807, 2.05) is 0 Å². The lowest BCUT2D eigenvalue weighted by molar-refractivity contribution is -0.129. The molecule has 4 nitrogen and oxygen atoms in total. The van der Waals surface area contributed by atoms with Crippen LogP contribution in [0.25, 0.3) is 0 Å². The van der Waals surface area contributed by atoms with Gasteiger partial charge >= 0.3 is 0 Å². The van der Waals surface area contributed by atoms with Gasteiger partial charge in [-0.3, -0.25) is 4.79 Å². The van der Waals surface area contributed by atoms with E-state index in [2.05, 4.69) is 26.1 Å². The van der Waals surface area contributed by atoms with Gasteiger partial charge in [0.15, 0.2) is 0 Å². The maximum Gasteiger partial charge on any atom is 0.220 e. The molecule has 0 heterocycles. The number of hydrogen-bond acceptors (Lipinski definition) is 3. The number of amides is 1. The molecular weight excluding hydrogens is 374 g/mol. The molecule has 4 aliphatic rings. The van der Waals surface area contributed by atoms with Crippen molar-refractivity contribution in [1.29, 1.82) is 0 Å². The highest BCUT2D eigenvalue weighted by Gasteiger charge is 2.60. The van der Waals surface area contributed by atoms with Crippen molar-refractivity contribution in [2.24, 2.45) is 46.3 Å². The Bertz CT molecular complexity index is 623. The van der Waals surface area contributed by atoms with Gasteiger partial charge in [0.05, 0.1) is 12.7 Å². The number of fused-ring (bicyclic) bond motifs is 5. The van der Waals surface area contributed by atoms with Crippen LogP contribution in [0.2, 0.25) is 0 Å². The summed E-state index contributed by atoms with van der Waals surface area (Å²) in [7, 11) is 0. The third kappa shape index (κ3) is 3.85. The number of aliphatic hydroxyl groups excluding tert-OH is 2. The van der Waals surface area contributed by atoms with E-state index in [1.54, 1.807) is 0 Å². The Labute approximate surface area is 183 Å². The Morgan fingerprint density at radius 1 is 1.03 bits per heavy atom. The zero-order valence-electron chi connectivity index (χ0n) is 19.5. The monoisotopic (exact) mass is 419 g/mol. The van der Waals surface area contributed by atoms with Crippen LogP contribution in [-0.4, -0.2) is 35.4 Å². The summed E-state index contributed by atoms with van der Waals surface area (Å²) in [5.41, 5.74) is 0.900. The maximum absolute atomic E-state index is 12.0. The first-order valence-electron chi connectivity index (χ1n) is 12.8. The van der Waals surface area contributed by atoms with Crippen molar-refractivity contribution < 1.29 is 15.0 Å². The Balaban J connectivity index is 1.42. The predicted molar refractivity (Wildman–Crippen MR) is 120 cm³/mol. The smallest absolute Gasteiger partial charge is 0.220 e. The summed E-state index contributed by atoms with van der Waals surface area (Å²) < 4.78 is 0. The van der Waals surface area contributed by atoms with Gasteiger partial charge in [-0.25, -0.2) is 0 Å². The van der Waals surface area contributed by atoms with Crippen LogP contribution >= 0.6 is 0 Å². The normalized spacial score (nSPS) is 46.4. The van der Waals surface area contributed by atoms with Crippen molar-refractivity contribution in [2.75, 3.05) is 13.2 Å². The molecule has 0 spiro atoms. The molecule has 4 saturated carbocycles. The highest BCUT2D eigenvalue weighted by atomic mass is 16.3. The number of rotatable bonds is 6. The standard InChI is InChI=1S/C26H45NO3/c1-17(4-9-24(30)27-14-15-28)21-7-8-22-20-6-5-18-16-19(29)10-12-25(18,2)23(20)11-13-26(21,22)3/h17-23,28-29H,4-16H2,1-3H3,(H,27,30)/t17-,18-,19-,20-,21+,22+,23-,25+,26-/m1/s1. The molecule has 172 valence electrons. The zero-order chi connectivity index (χ0) is 21.5. The lowest BCUT2D eigenvalue weighted by Crippen LogP contribution is -2.54. The molecular formula is C26H45NO3. The van der Waals surface area contributed by atoms with Crippen molar-refractivity contribution in [3.05, 3.63) is 0 Å². The average Bonchev–Trinajstić information content (AvgIpc) is 3.08. The van der Waals surface area contributed by atoms with E-state index >= 15 is 0 Å². The fraction of sp³-hybridized carbons (Fsp3) is 0.962. The van der Waals surface area contributed by atoms with Crippen molar-refractivity contribution >= 4 is 5.91 Å². The second-order valence-corrected chi connectivity index (χ2v) is 11.9. The van der Waals surface area contributed by atoms with Gasteiger partial charge in [0.25, 0.3) is 0 Å². The second kappa shape index (κ2) is 8.73. The van der Waals surface area contributed by atoms with Gasteiger partial charge in [-0.05, 0) is 111 Å². The molecule has 0 saturated heterocycles. The third-order valence-electron chi connectivity index (χ3n) is 10.7.